The van der Waals surface area contributed by atoms with Crippen molar-refractivity contribution in [3.05, 3.63) is 0 Å². The van der Waals surface area contributed by atoms with Crippen molar-refractivity contribution in [1.82, 2.24) is 0 Å². The average molecular weight is 315 g/mol. The third kappa shape index (κ3) is 16.6. The monoisotopic (exact) mass is 314 g/mol. The summed E-state index contributed by atoms with van der Waals surface area (Å²) < 4.78 is 0. The van der Waals surface area contributed by atoms with Crippen molar-refractivity contribution in [2.45, 2.75) is 111 Å². The van der Waals surface area contributed by atoms with Crippen LogP contribution in [0.3, 0.4) is 0 Å². The van der Waals surface area contributed by atoms with E-state index in [0.29, 0.717) is 7.92 Å². The van der Waals surface area contributed by atoms with E-state index in [0.717, 1.165) is 0 Å². The summed E-state index contributed by atoms with van der Waals surface area (Å²) in [4.78, 5) is 0. The molecule has 0 fully saturated rings. The van der Waals surface area contributed by atoms with E-state index in [-0.39, 0.29) is 0 Å². The maximum atomic E-state index is 2.33. The Bertz CT molecular complexity index is 169. The van der Waals surface area contributed by atoms with Crippen LogP contribution in [0.4, 0.5) is 0 Å². The Kier molecular flexibility index (Phi) is 18.9. The fourth-order valence-electron chi connectivity index (χ4n) is 2.98. The summed E-state index contributed by atoms with van der Waals surface area (Å²) in [6.45, 7) is 6.97. The molecule has 0 unspecified atom stereocenters. The minimum Gasteiger partial charge on any atom is -0.107 e. The van der Waals surface area contributed by atoms with Gasteiger partial charge in [0.1, 0.15) is 0 Å². The maximum absolute atomic E-state index is 2.33. The molecule has 0 heterocycles. The fourth-order valence-corrected chi connectivity index (χ4v) is 5.66. The van der Waals surface area contributed by atoms with Crippen molar-refractivity contribution in [3.8, 4) is 0 Å². The second kappa shape index (κ2) is 18.5. The van der Waals surface area contributed by atoms with Gasteiger partial charge in [0, 0.05) is 0 Å². The van der Waals surface area contributed by atoms with Gasteiger partial charge in [-0.3, -0.25) is 0 Å². The molecule has 0 bridgehead atoms. The normalized spacial score (nSPS) is 11.4. The molecule has 0 nitrogen and oxygen atoms in total. The first-order chi connectivity index (χ1) is 10.3. The first-order valence-electron chi connectivity index (χ1n) is 10.1. The highest BCUT2D eigenvalue weighted by Gasteiger charge is 2.07. The van der Waals surface area contributed by atoms with Gasteiger partial charge in [-0.1, -0.05) is 91.4 Å². The Balaban J connectivity index is 3.54. The molecular weight excluding hydrogens is 271 g/mol. The third-order valence-corrected chi connectivity index (χ3v) is 7.33. The topological polar surface area (TPSA) is 0 Å². The number of hydrogen-bond acceptors (Lipinski definition) is 0. The van der Waals surface area contributed by atoms with Crippen molar-refractivity contribution in [2.75, 3.05) is 18.5 Å². The summed E-state index contributed by atoms with van der Waals surface area (Å²) in [6.07, 6.45) is 25.2. The lowest BCUT2D eigenvalue weighted by Crippen LogP contribution is -1.96. The molecule has 0 amide bonds. The quantitative estimate of drug-likeness (QED) is 0.188. The second-order valence-corrected chi connectivity index (χ2v) is 9.41. The summed E-state index contributed by atoms with van der Waals surface area (Å²) in [5, 5.41) is 0. The number of hydrogen-bond donors (Lipinski definition) is 0. The van der Waals surface area contributed by atoms with Crippen LogP contribution in [0.5, 0.6) is 0 Å². The van der Waals surface area contributed by atoms with Gasteiger partial charge >= 0.3 is 0 Å². The second-order valence-electron chi connectivity index (χ2n) is 6.73. The third-order valence-electron chi connectivity index (χ3n) is 4.48. The van der Waals surface area contributed by atoms with Crippen LogP contribution in [0.1, 0.15) is 111 Å². The average Bonchev–Trinajstić information content (AvgIpc) is 2.49. The van der Waals surface area contributed by atoms with Crippen LogP contribution in [0.25, 0.3) is 0 Å². The lowest BCUT2D eigenvalue weighted by Gasteiger charge is -2.17. The van der Waals surface area contributed by atoms with Crippen LogP contribution in [-0.2, 0) is 0 Å². The minimum absolute atomic E-state index is 0.386. The van der Waals surface area contributed by atoms with Gasteiger partial charge in [0.15, 0.2) is 0 Å². The molecule has 0 radical (unpaired) electrons. The molecule has 0 aliphatic heterocycles. The van der Waals surface area contributed by atoms with E-state index < -0.39 is 0 Å². The van der Waals surface area contributed by atoms with Gasteiger partial charge in [-0.05, 0) is 37.7 Å². The lowest BCUT2D eigenvalue weighted by molar-refractivity contribution is 0.585. The van der Waals surface area contributed by atoms with Gasteiger partial charge in [-0.15, -0.1) is 7.92 Å². The predicted molar refractivity (Wildman–Crippen MR) is 103 cm³/mol. The molecule has 1 heteroatoms. The molecule has 0 aromatic heterocycles. The summed E-state index contributed by atoms with van der Waals surface area (Å²) >= 11 is 0. The predicted octanol–water partition coefficient (Wildman–Crippen LogP) is 7.99. The van der Waals surface area contributed by atoms with E-state index in [2.05, 4.69) is 20.8 Å². The van der Waals surface area contributed by atoms with Gasteiger partial charge in [-0.2, -0.15) is 0 Å². The molecule has 0 spiro atoms. The zero-order chi connectivity index (χ0) is 15.6. The van der Waals surface area contributed by atoms with Crippen LogP contribution in [-0.4, -0.2) is 18.5 Å². The van der Waals surface area contributed by atoms with E-state index >= 15 is 0 Å². The van der Waals surface area contributed by atoms with Gasteiger partial charge in [0.05, 0.1) is 0 Å². The molecule has 0 aliphatic rings. The molecule has 0 N–H and O–H groups in total. The molecular formula is C20H43P. The van der Waals surface area contributed by atoms with E-state index in [9.17, 15) is 0 Å². The molecule has 128 valence electrons. The van der Waals surface area contributed by atoms with Crippen molar-refractivity contribution < 1.29 is 0 Å². The summed E-state index contributed by atoms with van der Waals surface area (Å²) in [7, 11) is 0.386. The summed E-state index contributed by atoms with van der Waals surface area (Å²) in [5.41, 5.74) is 0. The highest BCUT2D eigenvalue weighted by Crippen LogP contribution is 2.39. The molecule has 0 saturated heterocycles. The van der Waals surface area contributed by atoms with Crippen molar-refractivity contribution in [2.24, 2.45) is 0 Å². The Hall–Kier alpha value is 0.430. The molecule has 21 heavy (non-hydrogen) atoms. The van der Waals surface area contributed by atoms with Crippen molar-refractivity contribution in [1.29, 1.82) is 0 Å². The smallest absolute Gasteiger partial charge is 0.0326 e. The fraction of sp³-hybridized carbons (Fsp3) is 1.00. The van der Waals surface area contributed by atoms with Crippen LogP contribution in [0, 0.1) is 0 Å². The van der Waals surface area contributed by atoms with Crippen LogP contribution in [0.15, 0.2) is 0 Å². The first-order valence-corrected chi connectivity index (χ1v) is 12.0. The number of unbranched alkanes of at least 4 members (excludes halogenated alkanes) is 11. The lowest BCUT2D eigenvalue weighted by atomic mass is 10.1. The molecule has 0 aromatic carbocycles. The van der Waals surface area contributed by atoms with Crippen LogP contribution >= 0.6 is 7.92 Å². The van der Waals surface area contributed by atoms with Gasteiger partial charge in [-0.25, -0.2) is 0 Å². The van der Waals surface area contributed by atoms with Gasteiger partial charge in [0.25, 0.3) is 0 Å². The molecule has 0 saturated carbocycles. The van der Waals surface area contributed by atoms with E-state index in [1.54, 1.807) is 18.5 Å². The number of rotatable bonds is 17. The summed E-state index contributed by atoms with van der Waals surface area (Å²) in [5.74, 6) is 0. The van der Waals surface area contributed by atoms with Crippen LogP contribution < -0.4 is 0 Å². The maximum Gasteiger partial charge on any atom is -0.0326 e. The summed E-state index contributed by atoms with van der Waals surface area (Å²) in [6, 6.07) is 0. The Morgan fingerprint density at radius 1 is 0.381 bits per heavy atom. The molecule has 0 rings (SSSR count). The molecule has 0 atom stereocenters. The Labute approximate surface area is 137 Å². The highest BCUT2D eigenvalue weighted by atomic mass is 31.1. The minimum atomic E-state index is 0.386. The van der Waals surface area contributed by atoms with E-state index in [4.69, 9.17) is 0 Å². The largest absolute Gasteiger partial charge is 0.107 e. The van der Waals surface area contributed by atoms with E-state index in [1.807, 2.05) is 0 Å². The first kappa shape index (κ1) is 21.4. The highest BCUT2D eigenvalue weighted by molar-refractivity contribution is 7.57. The molecule has 0 aliphatic carbocycles. The standard InChI is InChI=1S/C20H43P/c1-4-7-10-11-12-13-14-17-20-21(18-15-8-5-2)19-16-9-6-3/h4-20H2,1-3H3. The van der Waals surface area contributed by atoms with E-state index in [1.165, 1.54) is 89.9 Å². The zero-order valence-corrected chi connectivity index (χ0v) is 16.4. The SMILES string of the molecule is CCCCCCCCCCP(CCCCC)CCCCC. The Morgan fingerprint density at radius 2 is 0.667 bits per heavy atom. The van der Waals surface area contributed by atoms with Crippen molar-refractivity contribution in [3.63, 3.8) is 0 Å². The van der Waals surface area contributed by atoms with Gasteiger partial charge in [0.2, 0.25) is 0 Å². The van der Waals surface area contributed by atoms with Crippen molar-refractivity contribution >= 4 is 7.92 Å². The van der Waals surface area contributed by atoms with Crippen LogP contribution in [0.2, 0.25) is 0 Å². The van der Waals surface area contributed by atoms with Gasteiger partial charge < -0.3 is 0 Å². The Morgan fingerprint density at radius 3 is 1.10 bits per heavy atom. The zero-order valence-electron chi connectivity index (χ0n) is 15.5. The molecule has 0 aromatic rings.